The van der Waals surface area contributed by atoms with Crippen molar-refractivity contribution in [3.63, 3.8) is 0 Å². The van der Waals surface area contributed by atoms with Gasteiger partial charge in [-0.25, -0.2) is 9.13 Å². The summed E-state index contributed by atoms with van der Waals surface area (Å²) in [5, 5.41) is 38.7. The SMILES string of the molecule is COC(=O)[C@H](Cc1cccc(C(=N)N)c1)[C@@H](C)NC(=O)c1ccc(-c2cccc[n+]2C)cc1.COC(=O)[C@H](Cc1cccc(C(=N)N)c1)[C@@H](C)NC(=O)c1ccc(-c2cccc[n+]2C)cc1.O=C([O-])C(F)(F)F.O=C([O-])C(F)(F)F. The first kappa shape index (κ1) is 64.8. The number of carboxylic acid groups (broad SMARTS) is 2. The van der Waals surface area contributed by atoms with Gasteiger partial charge >= 0.3 is 24.3 Å². The van der Waals surface area contributed by atoms with E-state index in [-0.39, 0.29) is 23.5 Å². The second kappa shape index (κ2) is 29.9. The number of carbonyl (C=O) groups is 6. The zero-order valence-electron chi connectivity index (χ0n) is 44.0. The normalized spacial score (nSPS) is 12.2. The number of alkyl halides is 6. The topological polar surface area (TPSA) is 299 Å². The van der Waals surface area contributed by atoms with Crippen molar-refractivity contribution in [2.75, 3.05) is 14.2 Å². The fourth-order valence-corrected chi connectivity index (χ4v) is 7.48. The van der Waals surface area contributed by atoms with E-state index >= 15 is 0 Å². The molecule has 424 valence electrons. The number of ether oxygens (including phenoxy) is 2. The number of aryl methyl sites for hydroxylation is 2. The number of nitrogens with two attached hydrogens (primary N) is 2. The number of rotatable bonds is 16. The van der Waals surface area contributed by atoms with Crippen LogP contribution in [0, 0.1) is 22.7 Å². The van der Waals surface area contributed by atoms with Crippen LogP contribution in [0.15, 0.2) is 146 Å². The van der Waals surface area contributed by atoms with Crippen molar-refractivity contribution >= 4 is 47.4 Å². The van der Waals surface area contributed by atoms with Gasteiger partial charge in [-0.2, -0.15) is 26.3 Å². The van der Waals surface area contributed by atoms with Crippen LogP contribution in [0.25, 0.3) is 22.5 Å². The lowest BCUT2D eigenvalue weighted by atomic mass is 9.92. The average Bonchev–Trinajstić information content (AvgIpc) is 3.41. The van der Waals surface area contributed by atoms with E-state index in [1.54, 1.807) is 74.5 Å². The molecule has 80 heavy (non-hydrogen) atoms. The second-order valence-electron chi connectivity index (χ2n) is 17.5. The average molecular weight is 1120 g/mol. The molecule has 0 unspecified atom stereocenters. The highest BCUT2D eigenvalue weighted by molar-refractivity contribution is 5.97. The van der Waals surface area contributed by atoms with Crippen molar-refractivity contribution < 1.29 is 83.9 Å². The molecule has 6 rings (SSSR count). The number of esters is 2. The molecule has 0 saturated heterocycles. The van der Waals surface area contributed by atoms with E-state index < -0.39 is 60.1 Å². The van der Waals surface area contributed by atoms with Gasteiger partial charge in [-0.15, -0.1) is 0 Å². The Labute approximate surface area is 456 Å². The quantitative estimate of drug-likeness (QED) is 0.0265. The molecule has 24 heteroatoms. The van der Waals surface area contributed by atoms with E-state index in [2.05, 4.69) is 10.6 Å². The van der Waals surface area contributed by atoms with Crippen LogP contribution in [0.5, 0.6) is 0 Å². The number of hydrogen-bond donors (Lipinski definition) is 6. The molecule has 0 fully saturated rings. The molecule has 2 aromatic heterocycles. The van der Waals surface area contributed by atoms with E-state index in [0.29, 0.717) is 35.1 Å². The number of amidine groups is 2. The summed E-state index contributed by atoms with van der Waals surface area (Å²) in [5.41, 5.74) is 19.1. The van der Waals surface area contributed by atoms with Crippen LogP contribution in [-0.4, -0.2) is 86.0 Å². The summed E-state index contributed by atoms with van der Waals surface area (Å²) >= 11 is 0. The first-order valence-corrected chi connectivity index (χ1v) is 23.8. The van der Waals surface area contributed by atoms with E-state index in [1.807, 2.05) is 108 Å². The maximum Gasteiger partial charge on any atom is 0.430 e. The number of pyridine rings is 2. The highest BCUT2D eigenvalue weighted by Crippen LogP contribution is 2.21. The Balaban J connectivity index is 0.000000339. The Hall–Kier alpha value is -9.48. The molecular weight excluding hydrogens is 1060 g/mol. The predicted molar refractivity (Wildman–Crippen MR) is 275 cm³/mol. The van der Waals surface area contributed by atoms with E-state index in [1.165, 1.54) is 14.2 Å². The lowest BCUT2D eigenvalue weighted by Gasteiger charge is -2.23. The summed E-state index contributed by atoms with van der Waals surface area (Å²) in [5.74, 6) is -8.64. The summed E-state index contributed by atoms with van der Waals surface area (Å²) < 4.78 is 77.1. The maximum atomic E-state index is 12.9. The fraction of sp³-hybridized carbons (Fsp3) is 0.250. The number of aliphatic carboxylic acids is 2. The number of nitrogen functional groups attached to an aromatic ring is 2. The number of methoxy groups -OCH3 is 2. The zero-order chi connectivity index (χ0) is 60.1. The standard InChI is InChI=1S/2C26H28N4O3.2C2HF3O2/c2*1-17(22(26(32)33-3)16-18-7-6-8-21(15-18)24(27)28)29-25(31)20-12-10-19(11-13-20)23-9-4-5-14-30(23)2;2*3-2(4,5)1(6)7/h2*4-15,17,22H,16H2,1-3H3,(H3-,27,28,29,31);2*(H,6,7)/t2*17-,22-;;/m11../s1. The highest BCUT2D eigenvalue weighted by Gasteiger charge is 2.31. The van der Waals surface area contributed by atoms with Crippen LogP contribution >= 0.6 is 0 Å². The van der Waals surface area contributed by atoms with Gasteiger partial charge in [-0.3, -0.25) is 30.0 Å². The van der Waals surface area contributed by atoms with Crippen LogP contribution in [0.3, 0.4) is 0 Å². The molecule has 0 aliphatic heterocycles. The van der Waals surface area contributed by atoms with Crippen LogP contribution in [0.1, 0.15) is 56.8 Å². The largest absolute Gasteiger partial charge is 0.542 e. The number of carbonyl (C=O) groups excluding carboxylic acids is 6. The third-order valence-electron chi connectivity index (χ3n) is 11.8. The first-order chi connectivity index (χ1) is 37.5. The van der Waals surface area contributed by atoms with Gasteiger partial charge in [0.15, 0.2) is 12.4 Å². The van der Waals surface area contributed by atoms with Crippen molar-refractivity contribution in [1.82, 2.24) is 10.6 Å². The Morgan fingerprint density at radius 1 is 0.525 bits per heavy atom. The molecule has 0 spiro atoms. The van der Waals surface area contributed by atoms with Crippen molar-refractivity contribution in [3.05, 3.63) is 179 Å². The minimum atomic E-state index is -5.19. The van der Waals surface area contributed by atoms with Crippen molar-refractivity contribution in [2.45, 2.75) is 51.1 Å². The summed E-state index contributed by atoms with van der Waals surface area (Å²) in [6.07, 6.45) is -5.76. The monoisotopic (exact) mass is 1120 g/mol. The smallest absolute Gasteiger partial charge is 0.430 e. The van der Waals surface area contributed by atoms with Crippen molar-refractivity contribution in [2.24, 2.45) is 37.4 Å². The summed E-state index contributed by atoms with van der Waals surface area (Å²) in [6.45, 7) is 3.57. The molecule has 0 bridgehead atoms. The van der Waals surface area contributed by atoms with Gasteiger partial charge < -0.3 is 51.4 Å². The van der Waals surface area contributed by atoms with Crippen LogP contribution in [0.4, 0.5) is 26.3 Å². The molecule has 8 N–H and O–H groups in total. The molecule has 2 amide bonds. The minimum Gasteiger partial charge on any atom is -0.542 e. The number of benzene rings is 4. The molecule has 0 saturated carbocycles. The van der Waals surface area contributed by atoms with Gasteiger partial charge in [0.25, 0.3) is 11.8 Å². The molecule has 6 aromatic rings. The number of nitrogens with zero attached hydrogens (tertiary/aromatic N) is 2. The molecular formula is C56H58F6N8O10. The van der Waals surface area contributed by atoms with Gasteiger partial charge in [-0.05, 0) is 111 Å². The number of aromatic nitrogens is 2. The van der Waals surface area contributed by atoms with Gasteiger partial charge in [0.1, 0.15) is 37.7 Å². The van der Waals surface area contributed by atoms with Crippen LogP contribution in [-0.2, 0) is 55.6 Å². The fourth-order valence-electron chi connectivity index (χ4n) is 7.48. The first-order valence-electron chi connectivity index (χ1n) is 23.8. The molecule has 0 radical (unpaired) electrons. The Morgan fingerprint density at radius 3 is 1.10 bits per heavy atom. The van der Waals surface area contributed by atoms with Crippen LogP contribution in [0.2, 0.25) is 0 Å². The number of halogens is 6. The van der Waals surface area contributed by atoms with Gasteiger partial charge in [0.05, 0.1) is 26.1 Å². The Morgan fingerprint density at radius 2 is 0.838 bits per heavy atom. The van der Waals surface area contributed by atoms with Crippen molar-refractivity contribution in [3.8, 4) is 22.5 Å². The molecule has 4 atom stereocenters. The second-order valence-corrected chi connectivity index (χ2v) is 17.5. The van der Waals surface area contributed by atoms with Gasteiger partial charge in [-0.1, -0.05) is 36.4 Å². The molecule has 4 aromatic carbocycles. The summed E-state index contributed by atoms with van der Waals surface area (Å²) in [4.78, 5) is 68.3. The van der Waals surface area contributed by atoms with Crippen molar-refractivity contribution in [1.29, 1.82) is 10.8 Å². The summed E-state index contributed by atoms with van der Waals surface area (Å²) in [6, 6.07) is 40.0. The third-order valence-corrected chi connectivity index (χ3v) is 11.8. The number of carboxylic acids is 2. The number of nitrogens with one attached hydrogen (secondary N) is 4. The molecule has 18 nitrogen and oxygen atoms in total. The Kier molecular flexibility index (Phi) is 24.2. The maximum absolute atomic E-state index is 12.9. The highest BCUT2D eigenvalue weighted by atomic mass is 19.4. The molecule has 2 heterocycles. The predicted octanol–water partition coefficient (Wildman–Crippen LogP) is 3.82. The minimum absolute atomic E-state index is 0.0413. The van der Waals surface area contributed by atoms with Crippen LogP contribution < -0.4 is 41.4 Å². The van der Waals surface area contributed by atoms with E-state index in [4.69, 9.17) is 51.6 Å². The zero-order valence-corrected chi connectivity index (χ0v) is 44.0. The summed E-state index contributed by atoms with van der Waals surface area (Å²) in [7, 11) is 6.60. The lowest BCUT2D eigenvalue weighted by molar-refractivity contribution is -0.660. The molecule has 0 aliphatic rings. The van der Waals surface area contributed by atoms with Gasteiger partial charge in [0.2, 0.25) is 11.4 Å². The van der Waals surface area contributed by atoms with E-state index in [0.717, 1.165) is 33.6 Å². The third kappa shape index (κ3) is 20.1. The number of amides is 2. The number of hydrogen-bond acceptors (Lipinski definition) is 12. The van der Waals surface area contributed by atoms with E-state index in [9.17, 15) is 45.5 Å². The van der Waals surface area contributed by atoms with Gasteiger partial charge in [0, 0.05) is 69.7 Å². The Bertz CT molecular complexity index is 2930. The molecule has 0 aliphatic carbocycles. The lowest BCUT2D eigenvalue weighted by Crippen LogP contribution is -2.42.